The highest BCUT2D eigenvalue weighted by Gasteiger charge is 2.23. The molecule has 0 radical (unpaired) electrons. The van der Waals surface area contributed by atoms with E-state index in [-0.39, 0.29) is 33.5 Å². The number of nitrogens with zero attached hydrogens (tertiary/aromatic N) is 2. The van der Waals surface area contributed by atoms with Crippen LogP contribution in [0.2, 0.25) is 10.0 Å². The minimum absolute atomic E-state index is 0.134. The van der Waals surface area contributed by atoms with Gasteiger partial charge in [0.15, 0.2) is 15.7 Å². The lowest BCUT2D eigenvalue weighted by molar-refractivity contribution is -0.113. The van der Waals surface area contributed by atoms with Gasteiger partial charge in [-0.3, -0.25) is 4.79 Å². The number of hydrogen-bond acceptors (Lipinski definition) is 7. The number of para-hydroxylation sites is 1. The third kappa shape index (κ3) is 6.05. The number of aromatic nitrogens is 2. The summed E-state index contributed by atoms with van der Waals surface area (Å²) in [5.41, 5.74) is 1.24. The van der Waals surface area contributed by atoms with Crippen molar-refractivity contribution < 1.29 is 13.2 Å². The van der Waals surface area contributed by atoms with Gasteiger partial charge in [-0.15, -0.1) is 11.6 Å². The predicted molar refractivity (Wildman–Crippen MR) is 133 cm³/mol. The lowest BCUT2D eigenvalue weighted by Gasteiger charge is -2.15. The fourth-order valence-corrected chi connectivity index (χ4v) is 4.30. The van der Waals surface area contributed by atoms with Crippen molar-refractivity contribution in [3.63, 3.8) is 0 Å². The van der Waals surface area contributed by atoms with Crippen LogP contribution in [-0.2, 0) is 14.6 Å². The van der Waals surface area contributed by atoms with Crippen LogP contribution >= 0.6 is 34.8 Å². The van der Waals surface area contributed by atoms with Crippen LogP contribution in [0, 0.1) is 0 Å². The van der Waals surface area contributed by atoms with E-state index in [1.807, 2.05) is 0 Å². The largest absolute Gasteiger partial charge is 0.338 e. The van der Waals surface area contributed by atoms with E-state index in [0.29, 0.717) is 22.1 Å². The molecule has 0 aliphatic rings. The first-order valence-electron chi connectivity index (χ1n) is 9.66. The quantitative estimate of drug-likeness (QED) is 0.325. The molecule has 1 amide bonds. The lowest BCUT2D eigenvalue weighted by atomic mass is 10.2. The average Bonchev–Trinajstić information content (AvgIpc) is 2.78. The number of amides is 1. The molecule has 0 spiro atoms. The number of benzene rings is 2. The van der Waals surface area contributed by atoms with Crippen LogP contribution in [0.25, 0.3) is 0 Å². The molecule has 1 heterocycles. The molecule has 0 saturated heterocycles. The molecular formula is C21H20Cl3N5O3S. The minimum Gasteiger partial charge on any atom is -0.338 e. The Morgan fingerprint density at radius 2 is 1.76 bits per heavy atom. The summed E-state index contributed by atoms with van der Waals surface area (Å²) in [5, 5.41) is 8.52. The number of anilines is 5. The average molecular weight is 529 g/mol. The predicted octanol–water partition coefficient (Wildman–Crippen LogP) is 5.63. The van der Waals surface area contributed by atoms with E-state index in [1.165, 1.54) is 12.3 Å². The van der Waals surface area contributed by atoms with Crippen LogP contribution < -0.4 is 16.0 Å². The summed E-state index contributed by atoms with van der Waals surface area (Å²) in [5.74, 6) is -0.208. The Hall–Kier alpha value is -2.59. The Morgan fingerprint density at radius 1 is 1.03 bits per heavy atom. The number of sulfone groups is 1. The first-order valence-corrected chi connectivity index (χ1v) is 12.5. The maximum absolute atomic E-state index is 12.7. The van der Waals surface area contributed by atoms with Crippen LogP contribution in [0.5, 0.6) is 0 Å². The molecule has 0 bridgehead atoms. The molecule has 0 fully saturated rings. The standard InChI is InChI=1S/C21H20Cl3N5O3S/c1-12(2)33(31,32)18-6-4-3-5-16(18)27-20-15(24)11-25-21(29-20)28-17-9-13(7-8-14(17)23)26-19(30)10-22/h3-9,11-12H,10H2,1-2H3,(H,26,30)(H2,25,27,28,29). The number of nitrogens with one attached hydrogen (secondary N) is 3. The molecule has 0 aliphatic carbocycles. The van der Waals surface area contributed by atoms with Gasteiger partial charge in [-0.2, -0.15) is 4.98 Å². The first kappa shape index (κ1) is 25.0. The molecule has 174 valence electrons. The van der Waals surface area contributed by atoms with Crippen molar-refractivity contribution >= 4 is 79.4 Å². The van der Waals surface area contributed by atoms with Crippen molar-refractivity contribution in [2.75, 3.05) is 21.8 Å². The van der Waals surface area contributed by atoms with Crippen LogP contribution in [-0.4, -0.2) is 35.4 Å². The van der Waals surface area contributed by atoms with E-state index >= 15 is 0 Å². The molecule has 0 aliphatic heterocycles. The zero-order valence-corrected chi connectivity index (χ0v) is 20.6. The molecule has 3 rings (SSSR count). The second kappa shape index (κ2) is 10.6. The van der Waals surface area contributed by atoms with E-state index in [2.05, 4.69) is 25.9 Å². The van der Waals surface area contributed by atoms with Crippen molar-refractivity contribution in [3.8, 4) is 0 Å². The SMILES string of the molecule is CC(C)S(=O)(=O)c1ccccc1Nc1nc(Nc2cc(NC(=O)CCl)ccc2Cl)ncc1Cl. The molecule has 3 N–H and O–H groups in total. The van der Waals surface area contributed by atoms with Gasteiger partial charge in [-0.05, 0) is 44.2 Å². The van der Waals surface area contributed by atoms with Gasteiger partial charge in [0, 0.05) is 5.69 Å². The van der Waals surface area contributed by atoms with Gasteiger partial charge in [-0.1, -0.05) is 35.3 Å². The molecule has 2 aromatic carbocycles. The normalized spacial score (nSPS) is 11.3. The summed E-state index contributed by atoms with van der Waals surface area (Å²) in [4.78, 5) is 20.2. The van der Waals surface area contributed by atoms with Gasteiger partial charge in [-0.25, -0.2) is 13.4 Å². The fourth-order valence-electron chi connectivity index (χ4n) is 2.73. The molecule has 8 nitrogen and oxygen atoms in total. The van der Waals surface area contributed by atoms with Crippen molar-refractivity contribution in [2.45, 2.75) is 24.0 Å². The van der Waals surface area contributed by atoms with E-state index in [4.69, 9.17) is 34.8 Å². The third-order valence-corrected chi connectivity index (χ3v) is 7.49. The van der Waals surface area contributed by atoms with Gasteiger partial charge < -0.3 is 16.0 Å². The van der Waals surface area contributed by atoms with Crippen LogP contribution in [0.1, 0.15) is 13.8 Å². The van der Waals surface area contributed by atoms with Crippen LogP contribution in [0.3, 0.4) is 0 Å². The smallest absolute Gasteiger partial charge is 0.239 e. The van der Waals surface area contributed by atoms with Crippen LogP contribution in [0.4, 0.5) is 28.8 Å². The Morgan fingerprint density at radius 3 is 2.45 bits per heavy atom. The summed E-state index contributed by atoms with van der Waals surface area (Å²) in [7, 11) is -3.55. The Bertz CT molecular complexity index is 1290. The van der Waals surface area contributed by atoms with Crippen molar-refractivity contribution in [2.24, 2.45) is 0 Å². The summed E-state index contributed by atoms with van der Waals surface area (Å²) >= 11 is 18.0. The number of hydrogen-bond donors (Lipinski definition) is 3. The first-order chi connectivity index (χ1) is 15.6. The van der Waals surface area contributed by atoms with Gasteiger partial charge in [0.25, 0.3) is 0 Å². The summed E-state index contributed by atoms with van der Waals surface area (Å²) in [6.45, 7) is 3.22. The van der Waals surface area contributed by atoms with Gasteiger partial charge in [0.2, 0.25) is 11.9 Å². The zero-order valence-electron chi connectivity index (χ0n) is 17.6. The van der Waals surface area contributed by atoms with E-state index < -0.39 is 15.1 Å². The Balaban J connectivity index is 1.91. The highest BCUT2D eigenvalue weighted by atomic mass is 35.5. The lowest BCUT2D eigenvalue weighted by Crippen LogP contribution is -2.15. The Labute approximate surface area is 206 Å². The Kier molecular flexibility index (Phi) is 8.01. The highest BCUT2D eigenvalue weighted by molar-refractivity contribution is 7.92. The maximum Gasteiger partial charge on any atom is 0.239 e. The summed E-state index contributed by atoms with van der Waals surface area (Å²) in [6, 6.07) is 11.3. The van der Waals surface area contributed by atoms with E-state index in [9.17, 15) is 13.2 Å². The van der Waals surface area contributed by atoms with E-state index in [0.717, 1.165) is 0 Å². The van der Waals surface area contributed by atoms with Crippen molar-refractivity contribution in [3.05, 3.63) is 58.7 Å². The fraction of sp³-hybridized carbons (Fsp3) is 0.190. The monoisotopic (exact) mass is 527 g/mol. The number of alkyl halides is 1. The number of carbonyl (C=O) groups excluding carboxylic acids is 1. The molecule has 1 aromatic heterocycles. The molecule has 12 heteroatoms. The van der Waals surface area contributed by atoms with Crippen molar-refractivity contribution in [1.82, 2.24) is 9.97 Å². The van der Waals surface area contributed by atoms with Gasteiger partial charge in [0.05, 0.1) is 32.7 Å². The third-order valence-electron chi connectivity index (χ3n) is 4.43. The zero-order chi connectivity index (χ0) is 24.2. The second-order valence-electron chi connectivity index (χ2n) is 7.11. The topological polar surface area (TPSA) is 113 Å². The summed E-state index contributed by atoms with van der Waals surface area (Å²) < 4.78 is 25.5. The van der Waals surface area contributed by atoms with Gasteiger partial charge in [0.1, 0.15) is 10.9 Å². The number of carbonyl (C=O) groups is 1. The molecule has 3 aromatic rings. The molecular weight excluding hydrogens is 509 g/mol. The van der Waals surface area contributed by atoms with Gasteiger partial charge >= 0.3 is 0 Å². The summed E-state index contributed by atoms with van der Waals surface area (Å²) in [6.07, 6.45) is 1.37. The minimum atomic E-state index is -3.55. The molecule has 33 heavy (non-hydrogen) atoms. The maximum atomic E-state index is 12.7. The molecule has 0 atom stereocenters. The van der Waals surface area contributed by atoms with Crippen LogP contribution in [0.15, 0.2) is 53.6 Å². The highest BCUT2D eigenvalue weighted by Crippen LogP contribution is 2.32. The molecule has 0 unspecified atom stereocenters. The molecule has 0 saturated carbocycles. The second-order valence-corrected chi connectivity index (χ2v) is 10.7. The number of halogens is 3. The van der Waals surface area contributed by atoms with Crippen molar-refractivity contribution in [1.29, 1.82) is 0 Å². The van der Waals surface area contributed by atoms with E-state index in [1.54, 1.807) is 50.2 Å². The number of rotatable bonds is 8.